The van der Waals surface area contributed by atoms with Crippen molar-refractivity contribution in [1.82, 2.24) is 9.88 Å². The van der Waals surface area contributed by atoms with Crippen molar-refractivity contribution in [1.29, 1.82) is 0 Å². The second-order valence-corrected chi connectivity index (χ2v) is 3.32. The molecule has 14 heavy (non-hydrogen) atoms. The first-order valence-corrected chi connectivity index (χ1v) is 4.45. The van der Waals surface area contributed by atoms with Crippen LogP contribution in [0.2, 0.25) is 0 Å². The lowest BCUT2D eigenvalue weighted by Crippen LogP contribution is -2.27. The largest absolute Gasteiger partial charge is 0.364 e. The van der Waals surface area contributed by atoms with Gasteiger partial charge in [0.15, 0.2) is 0 Å². The number of hydrogen-bond acceptors (Lipinski definition) is 2. The van der Waals surface area contributed by atoms with E-state index in [1.54, 1.807) is 13.2 Å². The number of nitrogens with zero attached hydrogens (tertiary/aromatic N) is 1. The third kappa shape index (κ3) is 3.05. The Bertz CT molecular complexity index is 317. The van der Waals surface area contributed by atoms with Crippen LogP contribution in [-0.2, 0) is 16.1 Å². The molecule has 0 saturated heterocycles. The fourth-order valence-corrected chi connectivity index (χ4v) is 1.16. The lowest BCUT2D eigenvalue weighted by atomic mass is 10.3. The summed E-state index contributed by atoms with van der Waals surface area (Å²) in [6.07, 6.45) is 1.79. The van der Waals surface area contributed by atoms with Gasteiger partial charge in [-0.25, -0.2) is 0 Å². The van der Waals surface area contributed by atoms with E-state index in [1.165, 1.54) is 11.8 Å². The zero-order valence-electron chi connectivity index (χ0n) is 8.41. The number of carbonyl (C=O) groups excluding carboxylic acids is 2. The van der Waals surface area contributed by atoms with Gasteiger partial charge in [0, 0.05) is 18.9 Å². The Morgan fingerprint density at radius 1 is 1.50 bits per heavy atom. The van der Waals surface area contributed by atoms with E-state index in [0.29, 0.717) is 6.54 Å². The number of Topliss-reactive ketones (excluding diaryl/α,β-unsaturated/α-hetero) is 1. The summed E-state index contributed by atoms with van der Waals surface area (Å²) in [5.74, 6) is -0.250. The molecule has 1 heterocycles. The van der Waals surface area contributed by atoms with E-state index < -0.39 is 0 Å². The zero-order valence-corrected chi connectivity index (χ0v) is 8.41. The molecular weight excluding hydrogens is 180 g/mol. The van der Waals surface area contributed by atoms with E-state index in [2.05, 4.69) is 4.98 Å². The summed E-state index contributed by atoms with van der Waals surface area (Å²) in [6.45, 7) is 1.93. The molecule has 0 aliphatic rings. The molecule has 0 unspecified atom stereocenters. The second kappa shape index (κ2) is 4.60. The van der Waals surface area contributed by atoms with Gasteiger partial charge in [-0.3, -0.25) is 9.59 Å². The summed E-state index contributed by atoms with van der Waals surface area (Å²) in [5, 5.41) is 0. The number of ketones is 1. The van der Waals surface area contributed by atoms with Crippen LogP contribution in [-0.4, -0.2) is 28.6 Å². The van der Waals surface area contributed by atoms with Gasteiger partial charge in [0.2, 0.25) is 5.91 Å². The zero-order chi connectivity index (χ0) is 10.6. The van der Waals surface area contributed by atoms with Crippen LogP contribution < -0.4 is 0 Å². The number of H-pyrrole nitrogens is 1. The number of rotatable bonds is 4. The lowest BCUT2D eigenvalue weighted by molar-refractivity contribution is -0.134. The summed E-state index contributed by atoms with van der Waals surface area (Å²) in [7, 11) is 1.69. The molecule has 0 aliphatic carbocycles. The number of nitrogens with one attached hydrogen (secondary N) is 1. The first-order valence-electron chi connectivity index (χ1n) is 4.45. The molecular formula is C10H14N2O2. The minimum atomic E-state index is -0.146. The number of aromatic amines is 1. The Balaban J connectivity index is 2.46. The predicted octanol–water partition coefficient (Wildman–Crippen LogP) is 0.952. The second-order valence-electron chi connectivity index (χ2n) is 3.32. The Hall–Kier alpha value is -1.58. The summed E-state index contributed by atoms with van der Waals surface area (Å²) in [6, 6.07) is 3.77. The molecule has 1 aromatic heterocycles. The fraction of sp³-hybridized carbons (Fsp3) is 0.400. The molecule has 76 valence electrons. The monoisotopic (exact) mass is 194 g/mol. The number of aromatic nitrogens is 1. The predicted molar refractivity (Wildman–Crippen MR) is 52.6 cm³/mol. The molecule has 1 aromatic rings. The average molecular weight is 194 g/mol. The van der Waals surface area contributed by atoms with Gasteiger partial charge in [-0.15, -0.1) is 0 Å². The maximum Gasteiger partial charge on any atom is 0.230 e. The van der Waals surface area contributed by atoms with Crippen LogP contribution in [0.25, 0.3) is 0 Å². The van der Waals surface area contributed by atoms with Crippen molar-refractivity contribution in [2.45, 2.75) is 19.9 Å². The Morgan fingerprint density at radius 3 is 2.71 bits per heavy atom. The van der Waals surface area contributed by atoms with Crippen molar-refractivity contribution < 1.29 is 9.59 Å². The van der Waals surface area contributed by atoms with E-state index in [4.69, 9.17) is 0 Å². The fourth-order valence-electron chi connectivity index (χ4n) is 1.16. The quantitative estimate of drug-likeness (QED) is 0.725. The van der Waals surface area contributed by atoms with Crippen molar-refractivity contribution in [3.8, 4) is 0 Å². The maximum absolute atomic E-state index is 11.4. The lowest BCUT2D eigenvalue weighted by Gasteiger charge is -2.15. The van der Waals surface area contributed by atoms with Crippen LogP contribution in [0.4, 0.5) is 0 Å². The molecule has 0 bridgehead atoms. The normalized spacial score (nSPS) is 9.86. The summed E-state index contributed by atoms with van der Waals surface area (Å²) >= 11 is 0. The van der Waals surface area contributed by atoms with Gasteiger partial charge in [0.05, 0.1) is 13.0 Å². The van der Waals surface area contributed by atoms with E-state index in [0.717, 1.165) is 5.69 Å². The molecule has 0 fully saturated rings. The molecule has 0 aromatic carbocycles. The van der Waals surface area contributed by atoms with Crippen LogP contribution in [0.15, 0.2) is 18.3 Å². The van der Waals surface area contributed by atoms with E-state index in [-0.39, 0.29) is 18.1 Å². The number of hydrogen-bond donors (Lipinski definition) is 1. The highest BCUT2D eigenvalue weighted by Gasteiger charge is 2.11. The van der Waals surface area contributed by atoms with Gasteiger partial charge < -0.3 is 9.88 Å². The number of carbonyl (C=O) groups is 2. The van der Waals surface area contributed by atoms with Gasteiger partial charge >= 0.3 is 0 Å². The van der Waals surface area contributed by atoms with E-state index >= 15 is 0 Å². The van der Waals surface area contributed by atoms with E-state index in [9.17, 15) is 9.59 Å². The summed E-state index contributed by atoms with van der Waals surface area (Å²) in [4.78, 5) is 26.6. The van der Waals surface area contributed by atoms with Crippen LogP contribution in [0.1, 0.15) is 19.0 Å². The molecule has 1 amide bonds. The van der Waals surface area contributed by atoms with Gasteiger partial charge in [-0.2, -0.15) is 0 Å². The van der Waals surface area contributed by atoms with Crippen molar-refractivity contribution in [2.24, 2.45) is 0 Å². The first-order chi connectivity index (χ1) is 6.59. The molecule has 0 saturated carbocycles. The maximum atomic E-state index is 11.4. The third-order valence-electron chi connectivity index (χ3n) is 1.90. The highest BCUT2D eigenvalue weighted by Crippen LogP contribution is 2.01. The molecule has 0 spiro atoms. The van der Waals surface area contributed by atoms with Gasteiger partial charge in [-0.1, -0.05) is 0 Å². The van der Waals surface area contributed by atoms with Crippen molar-refractivity contribution >= 4 is 11.7 Å². The van der Waals surface area contributed by atoms with Crippen LogP contribution in [0.3, 0.4) is 0 Å². The topological polar surface area (TPSA) is 53.2 Å². The average Bonchev–Trinajstić information content (AvgIpc) is 2.55. The van der Waals surface area contributed by atoms with Gasteiger partial charge in [0.25, 0.3) is 0 Å². The smallest absolute Gasteiger partial charge is 0.230 e. The Morgan fingerprint density at radius 2 is 2.21 bits per heavy atom. The Labute approximate surface area is 82.9 Å². The molecule has 4 heteroatoms. The molecule has 1 rings (SSSR count). The summed E-state index contributed by atoms with van der Waals surface area (Å²) < 4.78 is 0. The molecule has 0 atom stereocenters. The minimum absolute atomic E-state index is 0.0167. The molecule has 1 N–H and O–H groups in total. The first kappa shape index (κ1) is 10.5. The van der Waals surface area contributed by atoms with Crippen molar-refractivity contribution in [3.05, 3.63) is 24.0 Å². The standard InChI is InChI=1S/C10H14N2O2/c1-8(13)6-10(14)12(2)7-9-4-3-5-11-9/h3-5,11H,6-7H2,1-2H3. The van der Waals surface area contributed by atoms with Crippen LogP contribution >= 0.6 is 0 Å². The van der Waals surface area contributed by atoms with Gasteiger partial charge in [-0.05, 0) is 19.1 Å². The SMILES string of the molecule is CC(=O)CC(=O)N(C)Cc1ccc[nH]1. The van der Waals surface area contributed by atoms with Gasteiger partial charge in [0.1, 0.15) is 5.78 Å². The highest BCUT2D eigenvalue weighted by atomic mass is 16.2. The van der Waals surface area contributed by atoms with Crippen LogP contribution in [0, 0.1) is 0 Å². The molecule has 0 aliphatic heterocycles. The molecule has 4 nitrogen and oxygen atoms in total. The highest BCUT2D eigenvalue weighted by molar-refractivity contribution is 5.96. The van der Waals surface area contributed by atoms with Crippen LogP contribution in [0.5, 0.6) is 0 Å². The minimum Gasteiger partial charge on any atom is -0.364 e. The van der Waals surface area contributed by atoms with Crippen molar-refractivity contribution in [2.75, 3.05) is 7.05 Å². The Kier molecular flexibility index (Phi) is 3.45. The molecule has 0 radical (unpaired) electrons. The summed E-state index contributed by atoms with van der Waals surface area (Å²) in [5.41, 5.74) is 0.962. The van der Waals surface area contributed by atoms with E-state index in [1.807, 2.05) is 12.1 Å². The number of amides is 1. The third-order valence-corrected chi connectivity index (χ3v) is 1.90. The van der Waals surface area contributed by atoms with Crippen molar-refractivity contribution in [3.63, 3.8) is 0 Å².